The molecule has 0 aromatic rings. The number of hydrogen-bond donors (Lipinski definition) is 2. The molecule has 1 aliphatic rings. The minimum Gasteiger partial charge on any atom is -0.481 e. The van der Waals surface area contributed by atoms with Crippen molar-refractivity contribution in [3.63, 3.8) is 0 Å². The van der Waals surface area contributed by atoms with Crippen molar-refractivity contribution in [1.29, 1.82) is 0 Å². The van der Waals surface area contributed by atoms with Crippen LogP contribution >= 0.6 is 0 Å². The topological polar surface area (TPSA) is 69.6 Å². The number of carbonyl (C=O) groups excluding carboxylic acids is 1. The molecule has 0 aromatic heterocycles. The Morgan fingerprint density at radius 2 is 1.89 bits per heavy atom. The molecule has 1 saturated heterocycles. The van der Waals surface area contributed by atoms with Gasteiger partial charge in [-0.2, -0.15) is 0 Å². The zero-order valence-corrected chi connectivity index (χ0v) is 11.5. The van der Waals surface area contributed by atoms with Crippen LogP contribution in [0.15, 0.2) is 0 Å². The lowest BCUT2D eigenvalue weighted by Crippen LogP contribution is -2.49. The summed E-state index contributed by atoms with van der Waals surface area (Å²) in [4.78, 5) is 24.6. The molecule has 2 N–H and O–H groups in total. The van der Waals surface area contributed by atoms with Gasteiger partial charge in [-0.05, 0) is 40.0 Å². The summed E-state index contributed by atoms with van der Waals surface area (Å²) in [6.45, 7) is 6.66. The van der Waals surface area contributed by atoms with Crippen molar-refractivity contribution < 1.29 is 14.7 Å². The van der Waals surface area contributed by atoms with E-state index < -0.39 is 5.97 Å². The molecule has 3 unspecified atom stereocenters. The van der Waals surface area contributed by atoms with Crippen LogP contribution in [0.25, 0.3) is 0 Å². The highest BCUT2D eigenvalue weighted by Gasteiger charge is 2.33. The quantitative estimate of drug-likeness (QED) is 0.701. The molecule has 1 amide bonds. The van der Waals surface area contributed by atoms with Crippen LogP contribution in [-0.2, 0) is 9.59 Å². The first-order chi connectivity index (χ1) is 8.43. The molecule has 3 atom stereocenters. The summed E-state index contributed by atoms with van der Waals surface area (Å²) in [5.41, 5.74) is 0. The van der Waals surface area contributed by atoms with Gasteiger partial charge in [0.05, 0.1) is 6.04 Å². The summed E-state index contributed by atoms with van der Waals surface area (Å²) in [7, 11) is 0. The molecule has 5 heteroatoms. The van der Waals surface area contributed by atoms with E-state index in [9.17, 15) is 9.59 Å². The van der Waals surface area contributed by atoms with E-state index in [1.165, 1.54) is 0 Å². The van der Waals surface area contributed by atoms with Crippen molar-refractivity contribution in [3.8, 4) is 0 Å². The Labute approximate surface area is 109 Å². The number of rotatable bonds is 6. The standard InChI is InChI=1S/C13H24N2O3/c1-9-6-7-10(2)15(9)11(3)13(18)14-8-4-5-12(16)17/h9-11H,4-8H2,1-3H3,(H,14,18)(H,16,17). The van der Waals surface area contributed by atoms with Crippen LogP contribution in [0.4, 0.5) is 0 Å². The lowest BCUT2D eigenvalue weighted by atomic mass is 10.2. The molecule has 1 aliphatic heterocycles. The molecular formula is C13H24N2O3. The molecule has 1 rings (SSSR count). The highest BCUT2D eigenvalue weighted by Crippen LogP contribution is 2.25. The van der Waals surface area contributed by atoms with Crippen molar-refractivity contribution in [3.05, 3.63) is 0 Å². The Kier molecular flexibility index (Phi) is 5.59. The first kappa shape index (κ1) is 15.0. The Morgan fingerprint density at radius 3 is 2.39 bits per heavy atom. The van der Waals surface area contributed by atoms with Gasteiger partial charge < -0.3 is 10.4 Å². The van der Waals surface area contributed by atoms with Gasteiger partial charge in [0.1, 0.15) is 0 Å². The fourth-order valence-electron chi connectivity index (χ4n) is 2.71. The van der Waals surface area contributed by atoms with Gasteiger partial charge in [-0.3, -0.25) is 14.5 Å². The molecule has 0 bridgehead atoms. The minimum absolute atomic E-state index is 0.000916. The number of nitrogens with zero attached hydrogens (tertiary/aromatic N) is 1. The second-order valence-corrected chi connectivity index (χ2v) is 5.19. The third-order valence-electron chi connectivity index (χ3n) is 3.71. The maximum Gasteiger partial charge on any atom is 0.303 e. The maximum absolute atomic E-state index is 12.0. The molecule has 1 fully saturated rings. The first-order valence-corrected chi connectivity index (χ1v) is 6.70. The average molecular weight is 256 g/mol. The van der Waals surface area contributed by atoms with Crippen molar-refractivity contribution in [2.45, 2.75) is 64.6 Å². The van der Waals surface area contributed by atoms with Gasteiger partial charge in [0, 0.05) is 25.0 Å². The van der Waals surface area contributed by atoms with E-state index in [0.29, 0.717) is 25.0 Å². The molecule has 0 saturated carbocycles. The van der Waals surface area contributed by atoms with Crippen LogP contribution in [0.2, 0.25) is 0 Å². The Hall–Kier alpha value is -1.10. The van der Waals surface area contributed by atoms with E-state index in [4.69, 9.17) is 5.11 Å². The number of nitrogens with one attached hydrogen (secondary N) is 1. The summed E-state index contributed by atoms with van der Waals surface area (Å²) in [5, 5.41) is 11.3. The number of aliphatic carboxylic acids is 1. The molecular weight excluding hydrogens is 232 g/mol. The molecule has 1 heterocycles. The summed E-state index contributed by atoms with van der Waals surface area (Å²) < 4.78 is 0. The zero-order valence-electron chi connectivity index (χ0n) is 11.5. The predicted octanol–water partition coefficient (Wildman–Crippen LogP) is 1.23. The van der Waals surface area contributed by atoms with E-state index in [1.807, 2.05) is 6.92 Å². The Morgan fingerprint density at radius 1 is 1.33 bits per heavy atom. The van der Waals surface area contributed by atoms with Crippen molar-refractivity contribution in [1.82, 2.24) is 10.2 Å². The third kappa shape index (κ3) is 3.98. The molecule has 5 nitrogen and oxygen atoms in total. The number of carboxylic acids is 1. The van der Waals surface area contributed by atoms with Crippen molar-refractivity contribution in [2.24, 2.45) is 0 Å². The van der Waals surface area contributed by atoms with E-state index >= 15 is 0 Å². The van der Waals surface area contributed by atoms with Gasteiger partial charge in [-0.25, -0.2) is 0 Å². The highest BCUT2D eigenvalue weighted by molar-refractivity contribution is 5.81. The third-order valence-corrected chi connectivity index (χ3v) is 3.71. The van der Waals surface area contributed by atoms with Gasteiger partial charge in [0.2, 0.25) is 5.91 Å². The van der Waals surface area contributed by atoms with Crippen LogP contribution in [-0.4, -0.2) is 46.6 Å². The number of hydrogen-bond acceptors (Lipinski definition) is 3. The highest BCUT2D eigenvalue weighted by atomic mass is 16.4. The second kappa shape index (κ2) is 6.73. The predicted molar refractivity (Wildman–Crippen MR) is 69.3 cm³/mol. The lowest BCUT2D eigenvalue weighted by molar-refractivity contribution is -0.137. The van der Waals surface area contributed by atoms with Crippen LogP contribution in [0, 0.1) is 0 Å². The molecule has 18 heavy (non-hydrogen) atoms. The zero-order chi connectivity index (χ0) is 13.7. The van der Waals surface area contributed by atoms with Gasteiger partial charge in [0.25, 0.3) is 0 Å². The molecule has 104 valence electrons. The van der Waals surface area contributed by atoms with Gasteiger partial charge in [0.15, 0.2) is 0 Å². The SMILES string of the molecule is CC1CCC(C)N1C(C)C(=O)NCCCC(=O)O. The average Bonchev–Trinajstić information content (AvgIpc) is 2.63. The Balaban J connectivity index is 2.34. The molecule has 0 aromatic carbocycles. The maximum atomic E-state index is 12.0. The van der Waals surface area contributed by atoms with E-state index in [2.05, 4.69) is 24.1 Å². The summed E-state index contributed by atoms with van der Waals surface area (Å²) in [6, 6.07) is 0.752. The fraction of sp³-hybridized carbons (Fsp3) is 0.846. The summed E-state index contributed by atoms with van der Waals surface area (Å²) in [6.07, 6.45) is 2.86. The van der Waals surface area contributed by atoms with E-state index in [1.54, 1.807) is 0 Å². The van der Waals surface area contributed by atoms with Gasteiger partial charge in [-0.1, -0.05) is 0 Å². The van der Waals surface area contributed by atoms with Crippen molar-refractivity contribution >= 4 is 11.9 Å². The van der Waals surface area contributed by atoms with Crippen LogP contribution in [0.5, 0.6) is 0 Å². The minimum atomic E-state index is -0.820. The largest absolute Gasteiger partial charge is 0.481 e. The smallest absolute Gasteiger partial charge is 0.303 e. The van der Waals surface area contributed by atoms with Crippen LogP contribution in [0.3, 0.4) is 0 Å². The van der Waals surface area contributed by atoms with E-state index in [-0.39, 0.29) is 18.4 Å². The van der Waals surface area contributed by atoms with Crippen LogP contribution < -0.4 is 5.32 Å². The Bertz CT molecular complexity index is 297. The fourth-order valence-corrected chi connectivity index (χ4v) is 2.71. The number of amides is 1. The molecule has 0 aliphatic carbocycles. The first-order valence-electron chi connectivity index (χ1n) is 6.70. The number of likely N-dealkylation sites (tertiary alicyclic amines) is 1. The summed E-state index contributed by atoms with van der Waals surface area (Å²) >= 11 is 0. The number of carboxylic acid groups (broad SMARTS) is 1. The van der Waals surface area contributed by atoms with E-state index in [0.717, 1.165) is 12.8 Å². The monoisotopic (exact) mass is 256 g/mol. The number of carbonyl (C=O) groups is 2. The van der Waals surface area contributed by atoms with Crippen LogP contribution in [0.1, 0.15) is 46.5 Å². The molecule has 0 spiro atoms. The lowest BCUT2D eigenvalue weighted by Gasteiger charge is -2.31. The van der Waals surface area contributed by atoms with Crippen molar-refractivity contribution in [2.75, 3.05) is 6.54 Å². The summed E-state index contributed by atoms with van der Waals surface area (Å²) in [5.74, 6) is -0.819. The normalized spacial score (nSPS) is 25.9. The molecule has 0 radical (unpaired) electrons. The van der Waals surface area contributed by atoms with Gasteiger partial charge >= 0.3 is 5.97 Å². The van der Waals surface area contributed by atoms with Gasteiger partial charge in [-0.15, -0.1) is 0 Å². The second-order valence-electron chi connectivity index (χ2n) is 5.19.